The fraction of sp³-hybridized carbons (Fsp3) is 0.0714. The van der Waals surface area contributed by atoms with E-state index in [1.807, 2.05) is 0 Å². The zero-order valence-corrected chi connectivity index (χ0v) is 12.2. The predicted octanol–water partition coefficient (Wildman–Crippen LogP) is 3.43. The molecule has 0 heterocycles. The second-order valence-electron chi connectivity index (χ2n) is 4.04. The number of nitrogens with two attached hydrogens (primary N) is 1. The van der Waals surface area contributed by atoms with Crippen LogP contribution in [0.1, 0.15) is 10.4 Å². The molecule has 0 fully saturated rings. The van der Waals surface area contributed by atoms with Crippen LogP contribution in [0.15, 0.2) is 40.9 Å². The Hall–Kier alpha value is -2.08. The van der Waals surface area contributed by atoms with Crippen LogP contribution in [0.25, 0.3) is 0 Å². The van der Waals surface area contributed by atoms with Gasteiger partial charge >= 0.3 is 0 Å². The summed E-state index contributed by atoms with van der Waals surface area (Å²) >= 11 is 3.32. The standard InChI is InChI=1S/C14H12BrFN2O2/c1-20-13-5-3-9(7-11(13)15)18-14(19)10-6-8(16)2-4-12(10)17/h2-7H,17H2,1H3,(H,18,19). The van der Waals surface area contributed by atoms with Gasteiger partial charge in [-0.15, -0.1) is 0 Å². The topological polar surface area (TPSA) is 64.3 Å². The van der Waals surface area contributed by atoms with E-state index < -0.39 is 11.7 Å². The van der Waals surface area contributed by atoms with Gasteiger partial charge < -0.3 is 15.8 Å². The van der Waals surface area contributed by atoms with E-state index in [1.54, 1.807) is 25.3 Å². The summed E-state index contributed by atoms with van der Waals surface area (Å²) < 4.78 is 18.9. The normalized spacial score (nSPS) is 10.2. The third-order valence-electron chi connectivity index (χ3n) is 2.67. The lowest BCUT2D eigenvalue weighted by Crippen LogP contribution is -2.14. The molecule has 0 saturated carbocycles. The summed E-state index contributed by atoms with van der Waals surface area (Å²) in [5.74, 6) is -0.340. The van der Waals surface area contributed by atoms with Crippen molar-refractivity contribution in [2.75, 3.05) is 18.2 Å². The van der Waals surface area contributed by atoms with Gasteiger partial charge in [-0.3, -0.25) is 4.79 Å². The Morgan fingerprint density at radius 3 is 2.70 bits per heavy atom. The molecule has 2 aromatic carbocycles. The first-order valence-corrected chi connectivity index (χ1v) is 6.50. The molecule has 0 aliphatic rings. The first-order valence-electron chi connectivity index (χ1n) is 5.71. The Morgan fingerprint density at radius 1 is 1.30 bits per heavy atom. The van der Waals surface area contributed by atoms with Gasteiger partial charge in [0.15, 0.2) is 0 Å². The number of halogens is 2. The number of methoxy groups -OCH3 is 1. The van der Waals surface area contributed by atoms with Gasteiger partial charge in [-0.2, -0.15) is 0 Å². The number of carbonyl (C=O) groups excluding carboxylic acids is 1. The average molecular weight is 339 g/mol. The first-order chi connectivity index (χ1) is 9.51. The molecule has 0 unspecified atom stereocenters. The number of hydrogen-bond acceptors (Lipinski definition) is 3. The second kappa shape index (κ2) is 5.92. The van der Waals surface area contributed by atoms with Crippen LogP contribution in [0.2, 0.25) is 0 Å². The number of ether oxygens (including phenoxy) is 1. The van der Waals surface area contributed by atoms with E-state index in [0.29, 0.717) is 15.9 Å². The molecule has 2 aromatic rings. The summed E-state index contributed by atoms with van der Waals surface area (Å²) in [7, 11) is 1.55. The summed E-state index contributed by atoms with van der Waals surface area (Å²) in [6.45, 7) is 0. The maximum atomic E-state index is 13.1. The Balaban J connectivity index is 2.23. The van der Waals surface area contributed by atoms with Gasteiger partial charge in [0, 0.05) is 11.4 Å². The molecular formula is C14H12BrFN2O2. The Kier molecular flexibility index (Phi) is 4.24. The number of nitrogen functional groups attached to an aromatic ring is 1. The van der Waals surface area contributed by atoms with Crippen molar-refractivity contribution in [2.24, 2.45) is 0 Å². The Morgan fingerprint density at radius 2 is 2.05 bits per heavy atom. The molecule has 4 nitrogen and oxygen atoms in total. The summed E-state index contributed by atoms with van der Waals surface area (Å²) in [5.41, 5.74) is 6.52. The minimum atomic E-state index is -0.514. The smallest absolute Gasteiger partial charge is 0.257 e. The lowest BCUT2D eigenvalue weighted by molar-refractivity contribution is 0.102. The monoisotopic (exact) mass is 338 g/mol. The summed E-state index contributed by atoms with van der Waals surface area (Å²) in [4.78, 5) is 12.0. The van der Waals surface area contributed by atoms with Crippen LogP contribution in [0.5, 0.6) is 5.75 Å². The highest BCUT2D eigenvalue weighted by Crippen LogP contribution is 2.28. The highest BCUT2D eigenvalue weighted by molar-refractivity contribution is 9.10. The van der Waals surface area contributed by atoms with Crippen molar-refractivity contribution in [3.05, 3.63) is 52.3 Å². The Labute approximate surface area is 123 Å². The van der Waals surface area contributed by atoms with Crippen molar-refractivity contribution in [1.29, 1.82) is 0 Å². The molecule has 1 amide bonds. The van der Waals surface area contributed by atoms with Gasteiger partial charge in [-0.05, 0) is 52.3 Å². The molecule has 0 atom stereocenters. The fourth-order valence-corrected chi connectivity index (χ4v) is 2.21. The highest BCUT2D eigenvalue weighted by Gasteiger charge is 2.12. The number of hydrogen-bond donors (Lipinski definition) is 2. The lowest BCUT2D eigenvalue weighted by atomic mass is 10.1. The minimum Gasteiger partial charge on any atom is -0.496 e. The molecule has 104 valence electrons. The third-order valence-corrected chi connectivity index (χ3v) is 3.29. The van der Waals surface area contributed by atoms with Gasteiger partial charge in [0.25, 0.3) is 5.91 Å². The van der Waals surface area contributed by atoms with Crippen molar-refractivity contribution >= 4 is 33.2 Å². The van der Waals surface area contributed by atoms with E-state index in [4.69, 9.17) is 10.5 Å². The maximum Gasteiger partial charge on any atom is 0.257 e. The van der Waals surface area contributed by atoms with Gasteiger partial charge in [0.1, 0.15) is 11.6 Å². The van der Waals surface area contributed by atoms with E-state index in [2.05, 4.69) is 21.2 Å². The van der Waals surface area contributed by atoms with Crippen LogP contribution in [0.3, 0.4) is 0 Å². The molecule has 20 heavy (non-hydrogen) atoms. The SMILES string of the molecule is COc1ccc(NC(=O)c2cc(F)ccc2N)cc1Br. The van der Waals surface area contributed by atoms with Crippen LogP contribution in [0.4, 0.5) is 15.8 Å². The molecule has 2 rings (SSSR count). The molecule has 0 aromatic heterocycles. The molecule has 0 spiro atoms. The van der Waals surface area contributed by atoms with Crippen molar-refractivity contribution in [3.8, 4) is 5.75 Å². The Bertz CT molecular complexity index is 662. The fourth-order valence-electron chi connectivity index (χ4n) is 1.67. The molecule has 0 aliphatic heterocycles. The van der Waals surface area contributed by atoms with Crippen LogP contribution in [-0.2, 0) is 0 Å². The summed E-state index contributed by atoms with van der Waals surface area (Å²) in [6.07, 6.45) is 0. The molecule has 6 heteroatoms. The van der Waals surface area contributed by atoms with Crippen LogP contribution in [0, 0.1) is 5.82 Å². The zero-order chi connectivity index (χ0) is 14.7. The molecule has 3 N–H and O–H groups in total. The number of rotatable bonds is 3. The molecule has 0 radical (unpaired) electrons. The minimum absolute atomic E-state index is 0.0944. The van der Waals surface area contributed by atoms with Crippen LogP contribution < -0.4 is 15.8 Å². The van der Waals surface area contributed by atoms with Crippen LogP contribution >= 0.6 is 15.9 Å². The second-order valence-corrected chi connectivity index (χ2v) is 4.89. The van der Waals surface area contributed by atoms with Crippen molar-refractivity contribution in [2.45, 2.75) is 0 Å². The van der Waals surface area contributed by atoms with Crippen molar-refractivity contribution in [3.63, 3.8) is 0 Å². The number of nitrogens with one attached hydrogen (secondary N) is 1. The number of carbonyl (C=O) groups is 1. The lowest BCUT2D eigenvalue weighted by Gasteiger charge is -2.09. The maximum absolute atomic E-state index is 13.1. The number of benzene rings is 2. The molecule has 0 aliphatic carbocycles. The molecule has 0 bridgehead atoms. The summed E-state index contributed by atoms with van der Waals surface area (Å²) in [5, 5.41) is 2.65. The van der Waals surface area contributed by atoms with Gasteiger partial charge in [-0.1, -0.05) is 0 Å². The molecular weight excluding hydrogens is 327 g/mol. The van der Waals surface area contributed by atoms with E-state index in [1.165, 1.54) is 12.1 Å². The summed E-state index contributed by atoms with van der Waals surface area (Å²) in [6, 6.07) is 8.73. The first kappa shape index (κ1) is 14.3. The quantitative estimate of drug-likeness (QED) is 0.842. The predicted molar refractivity (Wildman–Crippen MR) is 79.5 cm³/mol. The highest BCUT2D eigenvalue weighted by atomic mass is 79.9. The van der Waals surface area contributed by atoms with Crippen molar-refractivity contribution in [1.82, 2.24) is 0 Å². The van der Waals surface area contributed by atoms with E-state index in [0.717, 1.165) is 6.07 Å². The number of amides is 1. The largest absolute Gasteiger partial charge is 0.496 e. The van der Waals surface area contributed by atoms with E-state index in [-0.39, 0.29) is 11.3 Å². The van der Waals surface area contributed by atoms with E-state index in [9.17, 15) is 9.18 Å². The van der Waals surface area contributed by atoms with E-state index >= 15 is 0 Å². The number of anilines is 2. The zero-order valence-electron chi connectivity index (χ0n) is 10.6. The average Bonchev–Trinajstić information content (AvgIpc) is 2.41. The van der Waals surface area contributed by atoms with Gasteiger partial charge in [0.05, 0.1) is 17.1 Å². The third kappa shape index (κ3) is 3.08. The van der Waals surface area contributed by atoms with Gasteiger partial charge in [-0.25, -0.2) is 4.39 Å². The van der Waals surface area contributed by atoms with Gasteiger partial charge in [0.2, 0.25) is 0 Å². The molecule has 0 saturated heterocycles. The van der Waals surface area contributed by atoms with Crippen LogP contribution in [-0.4, -0.2) is 13.0 Å². The van der Waals surface area contributed by atoms with Crippen molar-refractivity contribution < 1.29 is 13.9 Å².